The van der Waals surface area contributed by atoms with Gasteiger partial charge in [0.25, 0.3) is 0 Å². The fourth-order valence-electron chi connectivity index (χ4n) is 3.05. The second-order valence-electron chi connectivity index (χ2n) is 5.97. The number of benzene rings is 1. The van der Waals surface area contributed by atoms with Gasteiger partial charge in [-0.2, -0.15) is 0 Å². The molecule has 0 spiro atoms. The maximum Gasteiger partial charge on any atom is 0.231 e. The summed E-state index contributed by atoms with van der Waals surface area (Å²) in [5.74, 6) is -0.812. The minimum atomic E-state index is -0.546. The van der Waals surface area contributed by atoms with Gasteiger partial charge < -0.3 is 10.2 Å². The summed E-state index contributed by atoms with van der Waals surface area (Å²) in [6, 6.07) is 10.8. The largest absolute Gasteiger partial charge is 0.338 e. The van der Waals surface area contributed by atoms with Crippen LogP contribution in [0.4, 0.5) is 10.2 Å². The van der Waals surface area contributed by atoms with Crippen molar-refractivity contribution in [2.45, 2.75) is 19.4 Å². The van der Waals surface area contributed by atoms with Crippen molar-refractivity contribution in [3.8, 4) is 0 Å². The van der Waals surface area contributed by atoms with E-state index in [9.17, 15) is 14.0 Å². The molecule has 2 heterocycles. The molecule has 24 heavy (non-hydrogen) atoms. The fraction of sp³-hybridized carbons (Fsp3) is 0.278. The number of likely N-dealkylation sites (tertiary alicyclic amines) is 1. The summed E-state index contributed by atoms with van der Waals surface area (Å²) < 4.78 is 13.2. The van der Waals surface area contributed by atoms with Crippen molar-refractivity contribution in [1.82, 2.24) is 9.88 Å². The van der Waals surface area contributed by atoms with Crippen LogP contribution in [0.2, 0.25) is 0 Å². The molecule has 1 aromatic heterocycles. The van der Waals surface area contributed by atoms with E-state index < -0.39 is 12.0 Å². The molecule has 6 heteroatoms. The average Bonchev–Trinajstić information content (AvgIpc) is 2.84. The molecule has 2 aromatic rings. The number of hydrogen-bond donors (Lipinski definition) is 1. The predicted molar refractivity (Wildman–Crippen MR) is 87.6 cm³/mol. The molecule has 0 radical (unpaired) electrons. The number of pyridine rings is 1. The number of carbonyl (C=O) groups is 2. The number of aromatic nitrogens is 1. The first-order valence-electron chi connectivity index (χ1n) is 7.71. The van der Waals surface area contributed by atoms with E-state index in [4.69, 9.17) is 0 Å². The highest BCUT2D eigenvalue weighted by atomic mass is 19.1. The van der Waals surface area contributed by atoms with E-state index >= 15 is 0 Å². The van der Waals surface area contributed by atoms with Gasteiger partial charge >= 0.3 is 0 Å². The van der Waals surface area contributed by atoms with Gasteiger partial charge in [-0.05, 0) is 36.8 Å². The standard InChI is InChI=1S/C18H18FN3O2/c1-11-4-3-5-15(20-11)21-18(24)14-10-16(23)22(2)17(14)12-6-8-13(19)9-7-12/h3-9,14,17H,10H2,1-2H3,(H,20,21,24)/t14-,17+/m1/s1. The Morgan fingerprint density at radius 3 is 2.62 bits per heavy atom. The van der Waals surface area contributed by atoms with E-state index in [-0.39, 0.29) is 24.1 Å². The summed E-state index contributed by atoms with van der Waals surface area (Å²) in [5.41, 5.74) is 1.53. The van der Waals surface area contributed by atoms with Crippen LogP contribution in [-0.4, -0.2) is 28.7 Å². The minimum absolute atomic E-state index is 0.110. The molecule has 0 unspecified atom stereocenters. The Morgan fingerprint density at radius 2 is 1.96 bits per heavy atom. The van der Waals surface area contributed by atoms with E-state index in [2.05, 4.69) is 10.3 Å². The van der Waals surface area contributed by atoms with Crippen LogP contribution in [-0.2, 0) is 9.59 Å². The van der Waals surface area contributed by atoms with Gasteiger partial charge in [0.05, 0.1) is 12.0 Å². The normalized spacial score (nSPS) is 20.3. The highest BCUT2D eigenvalue weighted by molar-refractivity contribution is 5.97. The van der Waals surface area contributed by atoms with Gasteiger partial charge in [-0.15, -0.1) is 0 Å². The monoisotopic (exact) mass is 327 g/mol. The summed E-state index contributed by atoms with van der Waals surface area (Å²) >= 11 is 0. The molecular weight excluding hydrogens is 309 g/mol. The molecule has 124 valence electrons. The number of hydrogen-bond acceptors (Lipinski definition) is 3. The molecule has 1 aliphatic heterocycles. The van der Waals surface area contributed by atoms with E-state index in [0.717, 1.165) is 11.3 Å². The first-order valence-corrected chi connectivity index (χ1v) is 7.71. The van der Waals surface area contributed by atoms with Crippen LogP contribution in [0, 0.1) is 18.7 Å². The molecule has 1 N–H and O–H groups in total. The quantitative estimate of drug-likeness (QED) is 0.943. The van der Waals surface area contributed by atoms with E-state index in [1.54, 1.807) is 36.2 Å². The zero-order chi connectivity index (χ0) is 17.3. The minimum Gasteiger partial charge on any atom is -0.338 e. The van der Waals surface area contributed by atoms with Crippen molar-refractivity contribution >= 4 is 17.6 Å². The van der Waals surface area contributed by atoms with Gasteiger partial charge in [0.1, 0.15) is 11.6 Å². The van der Waals surface area contributed by atoms with Crippen molar-refractivity contribution in [2.24, 2.45) is 5.92 Å². The molecule has 1 saturated heterocycles. The summed E-state index contributed by atoms with van der Waals surface area (Å²) in [7, 11) is 1.66. The van der Waals surface area contributed by atoms with E-state index in [1.807, 2.05) is 13.0 Å². The number of amides is 2. The topological polar surface area (TPSA) is 62.3 Å². The summed E-state index contributed by atoms with van der Waals surface area (Å²) in [5, 5.41) is 2.77. The van der Waals surface area contributed by atoms with Gasteiger partial charge in [-0.25, -0.2) is 9.37 Å². The molecule has 0 saturated carbocycles. The van der Waals surface area contributed by atoms with E-state index in [1.165, 1.54) is 12.1 Å². The number of carbonyl (C=O) groups excluding carboxylic acids is 2. The van der Waals surface area contributed by atoms with Gasteiger partial charge in [-0.1, -0.05) is 18.2 Å². The molecule has 2 atom stereocenters. The average molecular weight is 327 g/mol. The Morgan fingerprint density at radius 1 is 1.25 bits per heavy atom. The zero-order valence-corrected chi connectivity index (χ0v) is 13.5. The van der Waals surface area contributed by atoms with Crippen LogP contribution in [0.15, 0.2) is 42.5 Å². The third kappa shape index (κ3) is 3.13. The zero-order valence-electron chi connectivity index (χ0n) is 13.5. The van der Waals surface area contributed by atoms with Crippen LogP contribution in [0.5, 0.6) is 0 Å². The lowest BCUT2D eigenvalue weighted by Crippen LogP contribution is -2.30. The number of nitrogens with one attached hydrogen (secondary N) is 1. The Hall–Kier alpha value is -2.76. The van der Waals surface area contributed by atoms with Crippen molar-refractivity contribution in [3.05, 3.63) is 59.5 Å². The smallest absolute Gasteiger partial charge is 0.231 e. The molecule has 2 amide bonds. The van der Waals surface area contributed by atoms with Gasteiger partial charge in [0.15, 0.2) is 0 Å². The Balaban J connectivity index is 1.85. The van der Waals surface area contributed by atoms with Gasteiger partial charge in [0, 0.05) is 19.2 Å². The number of halogens is 1. The van der Waals surface area contributed by atoms with E-state index in [0.29, 0.717) is 5.82 Å². The maximum atomic E-state index is 13.2. The first kappa shape index (κ1) is 16.1. The summed E-state index contributed by atoms with van der Waals surface area (Å²) in [6.07, 6.45) is 0.121. The number of aryl methyl sites for hydroxylation is 1. The molecule has 1 aromatic carbocycles. The number of rotatable bonds is 3. The van der Waals surface area contributed by atoms with Crippen molar-refractivity contribution in [2.75, 3.05) is 12.4 Å². The SMILES string of the molecule is Cc1cccc(NC(=O)[C@@H]2CC(=O)N(C)[C@H]2c2ccc(F)cc2)n1. The highest BCUT2D eigenvalue weighted by Gasteiger charge is 2.42. The Bertz CT molecular complexity index is 776. The second-order valence-corrected chi connectivity index (χ2v) is 5.97. The second kappa shape index (κ2) is 6.39. The lowest BCUT2D eigenvalue weighted by atomic mass is 9.93. The molecule has 3 rings (SSSR count). The van der Waals surface area contributed by atoms with Crippen LogP contribution in [0.1, 0.15) is 23.7 Å². The van der Waals surface area contributed by atoms with Crippen molar-refractivity contribution < 1.29 is 14.0 Å². The van der Waals surface area contributed by atoms with Crippen LogP contribution >= 0.6 is 0 Å². The number of nitrogens with zero attached hydrogens (tertiary/aromatic N) is 2. The third-order valence-corrected chi connectivity index (χ3v) is 4.27. The molecule has 1 fully saturated rings. The highest BCUT2D eigenvalue weighted by Crippen LogP contribution is 2.37. The van der Waals surface area contributed by atoms with Gasteiger partial charge in [-0.3, -0.25) is 9.59 Å². The van der Waals surface area contributed by atoms with Gasteiger partial charge in [0.2, 0.25) is 11.8 Å². The predicted octanol–water partition coefficient (Wildman–Crippen LogP) is 2.69. The molecule has 0 aliphatic carbocycles. The fourth-order valence-corrected chi connectivity index (χ4v) is 3.05. The molecular formula is C18H18FN3O2. The van der Waals surface area contributed by atoms with Crippen molar-refractivity contribution in [3.63, 3.8) is 0 Å². The number of anilines is 1. The lowest BCUT2D eigenvalue weighted by Gasteiger charge is -2.24. The summed E-state index contributed by atoms with van der Waals surface area (Å²) in [6.45, 7) is 1.84. The Kier molecular flexibility index (Phi) is 4.29. The Labute approximate surface area is 139 Å². The first-order chi connectivity index (χ1) is 11.5. The maximum absolute atomic E-state index is 13.2. The summed E-state index contributed by atoms with van der Waals surface area (Å²) in [4.78, 5) is 30.6. The molecule has 1 aliphatic rings. The molecule has 0 bridgehead atoms. The third-order valence-electron chi connectivity index (χ3n) is 4.27. The van der Waals surface area contributed by atoms with Crippen LogP contribution in [0.3, 0.4) is 0 Å². The lowest BCUT2D eigenvalue weighted by molar-refractivity contribution is -0.127. The van der Waals surface area contributed by atoms with Crippen molar-refractivity contribution in [1.29, 1.82) is 0 Å². The van der Waals surface area contributed by atoms with Crippen LogP contribution < -0.4 is 5.32 Å². The van der Waals surface area contributed by atoms with Crippen LogP contribution in [0.25, 0.3) is 0 Å². The molecule has 5 nitrogen and oxygen atoms in total.